The van der Waals surface area contributed by atoms with Crippen molar-refractivity contribution in [3.05, 3.63) is 94.4 Å². The highest BCUT2D eigenvalue weighted by Gasteiger charge is 2.18. The number of amides is 1. The zero-order valence-corrected chi connectivity index (χ0v) is 16.6. The molecule has 7 nitrogen and oxygen atoms in total. The van der Waals surface area contributed by atoms with E-state index in [1.807, 2.05) is 54.6 Å². The van der Waals surface area contributed by atoms with Crippen LogP contribution in [0.5, 0.6) is 0 Å². The largest absolute Gasteiger partial charge is 0.481 e. The van der Waals surface area contributed by atoms with E-state index in [1.54, 1.807) is 18.2 Å². The lowest BCUT2D eigenvalue weighted by Crippen LogP contribution is -2.38. The molecule has 1 heterocycles. The fraction of sp³-hybridized carbons (Fsp3) is 0.125. The second kappa shape index (κ2) is 8.71. The molecule has 4 rings (SSSR count). The molecule has 0 spiro atoms. The van der Waals surface area contributed by atoms with E-state index < -0.39 is 17.9 Å². The highest BCUT2D eigenvalue weighted by Crippen LogP contribution is 2.20. The van der Waals surface area contributed by atoms with Crippen LogP contribution in [0.3, 0.4) is 0 Å². The van der Waals surface area contributed by atoms with Gasteiger partial charge in [0.2, 0.25) is 0 Å². The zero-order valence-electron chi connectivity index (χ0n) is 16.6. The molecule has 1 amide bonds. The SMILES string of the molecule is O=C(O)C[C@@H](Cc1ccc(-c2ccccc2)cc1)NC(=O)c1ccc2[nH]c(=O)[nH]c2c1. The van der Waals surface area contributed by atoms with E-state index in [-0.39, 0.29) is 12.1 Å². The van der Waals surface area contributed by atoms with Gasteiger partial charge in [-0.15, -0.1) is 0 Å². The number of carbonyl (C=O) groups excluding carboxylic acids is 1. The van der Waals surface area contributed by atoms with Crippen molar-refractivity contribution in [1.29, 1.82) is 0 Å². The molecule has 4 N–H and O–H groups in total. The minimum absolute atomic E-state index is 0.199. The van der Waals surface area contributed by atoms with Gasteiger partial charge < -0.3 is 20.4 Å². The van der Waals surface area contributed by atoms with Gasteiger partial charge in [-0.25, -0.2) is 4.79 Å². The monoisotopic (exact) mass is 415 g/mol. The first-order valence-corrected chi connectivity index (χ1v) is 9.87. The fourth-order valence-corrected chi connectivity index (χ4v) is 3.58. The fourth-order valence-electron chi connectivity index (χ4n) is 3.58. The maximum atomic E-state index is 12.7. The van der Waals surface area contributed by atoms with Crippen molar-refractivity contribution in [1.82, 2.24) is 15.3 Å². The van der Waals surface area contributed by atoms with E-state index in [0.717, 1.165) is 16.7 Å². The van der Waals surface area contributed by atoms with Crippen LogP contribution < -0.4 is 11.0 Å². The maximum Gasteiger partial charge on any atom is 0.323 e. The number of aromatic amines is 2. The van der Waals surface area contributed by atoms with Crippen LogP contribution >= 0.6 is 0 Å². The van der Waals surface area contributed by atoms with Crippen molar-refractivity contribution in [2.24, 2.45) is 0 Å². The summed E-state index contributed by atoms with van der Waals surface area (Å²) in [5, 5.41) is 12.1. The molecule has 0 unspecified atom stereocenters. The summed E-state index contributed by atoms with van der Waals surface area (Å²) in [6, 6.07) is 22.0. The van der Waals surface area contributed by atoms with Crippen molar-refractivity contribution in [2.45, 2.75) is 18.9 Å². The molecule has 7 heteroatoms. The van der Waals surface area contributed by atoms with Crippen molar-refractivity contribution in [3.8, 4) is 11.1 Å². The molecule has 1 atom stereocenters. The number of rotatable bonds is 7. The van der Waals surface area contributed by atoms with Crippen molar-refractivity contribution in [3.63, 3.8) is 0 Å². The van der Waals surface area contributed by atoms with Gasteiger partial charge in [-0.1, -0.05) is 54.6 Å². The maximum absolute atomic E-state index is 12.7. The number of H-pyrrole nitrogens is 2. The van der Waals surface area contributed by atoms with Gasteiger partial charge in [0.25, 0.3) is 5.91 Å². The number of fused-ring (bicyclic) bond motifs is 1. The highest BCUT2D eigenvalue weighted by atomic mass is 16.4. The summed E-state index contributed by atoms with van der Waals surface area (Å²) in [4.78, 5) is 40.7. The molecule has 0 saturated carbocycles. The number of carbonyl (C=O) groups is 2. The number of hydrogen-bond donors (Lipinski definition) is 4. The number of imidazole rings is 1. The number of benzene rings is 3. The zero-order chi connectivity index (χ0) is 21.8. The lowest BCUT2D eigenvalue weighted by atomic mass is 9.99. The predicted molar refractivity (Wildman–Crippen MR) is 118 cm³/mol. The summed E-state index contributed by atoms with van der Waals surface area (Å²) >= 11 is 0. The van der Waals surface area contributed by atoms with Crippen LogP contribution in [0, 0.1) is 0 Å². The van der Waals surface area contributed by atoms with Gasteiger partial charge in [-0.3, -0.25) is 9.59 Å². The molecule has 0 aliphatic rings. The van der Waals surface area contributed by atoms with Gasteiger partial charge >= 0.3 is 11.7 Å². The number of aromatic nitrogens is 2. The quantitative estimate of drug-likeness (QED) is 0.371. The van der Waals surface area contributed by atoms with Gasteiger partial charge in [-0.2, -0.15) is 0 Å². The number of hydrogen-bond acceptors (Lipinski definition) is 3. The molecular weight excluding hydrogens is 394 g/mol. The third-order valence-electron chi connectivity index (χ3n) is 5.08. The van der Waals surface area contributed by atoms with Crippen LogP contribution in [0.1, 0.15) is 22.3 Å². The average molecular weight is 415 g/mol. The first-order chi connectivity index (χ1) is 15.0. The summed E-state index contributed by atoms with van der Waals surface area (Å²) in [5.74, 6) is -1.38. The Morgan fingerprint density at radius 1 is 0.871 bits per heavy atom. The van der Waals surface area contributed by atoms with E-state index in [1.165, 1.54) is 0 Å². The molecule has 0 aliphatic heterocycles. The van der Waals surface area contributed by atoms with Crippen molar-refractivity contribution < 1.29 is 14.7 Å². The molecule has 0 fully saturated rings. The van der Waals surface area contributed by atoms with E-state index in [2.05, 4.69) is 15.3 Å². The molecule has 31 heavy (non-hydrogen) atoms. The molecule has 0 bridgehead atoms. The first-order valence-electron chi connectivity index (χ1n) is 9.87. The molecule has 3 aromatic carbocycles. The number of aliphatic carboxylic acids is 1. The van der Waals surface area contributed by atoms with Crippen molar-refractivity contribution in [2.75, 3.05) is 0 Å². The lowest BCUT2D eigenvalue weighted by Gasteiger charge is -2.17. The third-order valence-corrected chi connectivity index (χ3v) is 5.08. The summed E-state index contributed by atoms with van der Waals surface area (Å²) < 4.78 is 0. The summed E-state index contributed by atoms with van der Waals surface area (Å²) in [6.45, 7) is 0. The molecule has 0 aliphatic carbocycles. The van der Waals surface area contributed by atoms with Gasteiger partial charge in [-0.05, 0) is 41.3 Å². The highest BCUT2D eigenvalue weighted by molar-refractivity contribution is 5.97. The second-order valence-corrected chi connectivity index (χ2v) is 7.37. The van der Waals surface area contributed by atoms with Crippen LogP contribution in [-0.2, 0) is 11.2 Å². The molecule has 1 aromatic heterocycles. The Labute approximate surface area is 177 Å². The minimum Gasteiger partial charge on any atom is -0.481 e. The Hall–Kier alpha value is -4.13. The van der Waals surface area contributed by atoms with Gasteiger partial charge in [0.15, 0.2) is 0 Å². The topological polar surface area (TPSA) is 115 Å². The van der Waals surface area contributed by atoms with Crippen LogP contribution in [-0.4, -0.2) is 33.0 Å². The standard InChI is InChI=1S/C24H21N3O4/c28-22(29)14-19(12-15-6-8-17(9-7-15)16-4-2-1-3-5-16)25-23(30)18-10-11-20-21(13-18)27-24(31)26-20/h1-11,13,19H,12,14H2,(H,25,30)(H,28,29)(H2,26,27,31)/t19-/m1/s1. The molecule has 4 aromatic rings. The van der Waals surface area contributed by atoms with E-state index in [9.17, 15) is 19.5 Å². The molecule has 0 saturated heterocycles. The van der Waals surface area contributed by atoms with Crippen LogP contribution in [0.2, 0.25) is 0 Å². The summed E-state index contributed by atoms with van der Waals surface area (Å²) in [6.07, 6.45) is 0.186. The Kier molecular flexibility index (Phi) is 5.66. The Bertz CT molecular complexity index is 1270. The average Bonchev–Trinajstić information content (AvgIpc) is 3.13. The number of nitrogens with one attached hydrogen (secondary N) is 3. The van der Waals surface area contributed by atoms with Gasteiger partial charge in [0.1, 0.15) is 0 Å². The normalized spacial score (nSPS) is 11.9. The van der Waals surface area contributed by atoms with E-state index >= 15 is 0 Å². The number of carboxylic acid groups (broad SMARTS) is 1. The Morgan fingerprint density at radius 3 is 2.26 bits per heavy atom. The third kappa shape index (κ3) is 4.90. The number of carboxylic acids is 1. The summed E-state index contributed by atoms with van der Waals surface area (Å²) in [5.41, 5.74) is 4.20. The predicted octanol–water partition coefficient (Wildman–Crippen LogP) is 3.34. The first kappa shape index (κ1) is 20.2. The van der Waals surface area contributed by atoms with Gasteiger partial charge in [0.05, 0.1) is 17.5 Å². The summed E-state index contributed by atoms with van der Waals surface area (Å²) in [7, 11) is 0. The Balaban J connectivity index is 1.49. The molecule has 156 valence electrons. The smallest absolute Gasteiger partial charge is 0.323 e. The van der Waals surface area contributed by atoms with Gasteiger partial charge in [0, 0.05) is 11.6 Å². The van der Waals surface area contributed by atoms with E-state index in [0.29, 0.717) is 23.0 Å². The van der Waals surface area contributed by atoms with E-state index in [4.69, 9.17) is 0 Å². The minimum atomic E-state index is -0.989. The Morgan fingerprint density at radius 2 is 1.55 bits per heavy atom. The second-order valence-electron chi connectivity index (χ2n) is 7.37. The van der Waals surface area contributed by atoms with Crippen LogP contribution in [0.4, 0.5) is 0 Å². The lowest BCUT2D eigenvalue weighted by molar-refractivity contribution is -0.137. The molecule has 0 radical (unpaired) electrons. The van der Waals surface area contributed by atoms with Crippen LogP contribution in [0.15, 0.2) is 77.6 Å². The molecular formula is C24H21N3O4. The van der Waals surface area contributed by atoms with Crippen LogP contribution in [0.25, 0.3) is 22.2 Å². The van der Waals surface area contributed by atoms with Crippen molar-refractivity contribution >= 4 is 22.9 Å².